The first kappa shape index (κ1) is 13.6. The lowest BCUT2D eigenvalue weighted by molar-refractivity contribution is -0.200. The highest BCUT2D eigenvalue weighted by atomic mass is 16.5. The predicted molar refractivity (Wildman–Crippen MR) is 77.3 cm³/mol. The van der Waals surface area contributed by atoms with E-state index in [1.165, 1.54) is 0 Å². The molecule has 4 atom stereocenters. The fourth-order valence-corrected chi connectivity index (χ4v) is 3.92. The molecule has 3 amide bonds. The standard InChI is InChI=1S/C16H18N2O4/c1-16(2)9-7-21-10-6-4-3-5-8(10)11(9)12-13(19)17-15(20)18-14(12)22-16/h3-6,9,11-12,14H,7H2,1-2H3,(H2,17,18,19,20)/t9-,11-,12+,14-/m1/s1. The van der Waals surface area contributed by atoms with Gasteiger partial charge in [0.2, 0.25) is 5.91 Å². The maximum atomic E-state index is 12.4. The fourth-order valence-electron chi connectivity index (χ4n) is 3.92. The molecule has 3 heterocycles. The largest absolute Gasteiger partial charge is 0.493 e. The van der Waals surface area contributed by atoms with E-state index in [-0.39, 0.29) is 17.7 Å². The van der Waals surface area contributed by atoms with Crippen LogP contribution in [0.1, 0.15) is 25.3 Å². The van der Waals surface area contributed by atoms with E-state index in [0.29, 0.717) is 6.61 Å². The van der Waals surface area contributed by atoms with E-state index in [2.05, 4.69) is 10.6 Å². The van der Waals surface area contributed by atoms with Crippen molar-refractivity contribution in [1.82, 2.24) is 10.6 Å². The number of hydrogen-bond acceptors (Lipinski definition) is 4. The van der Waals surface area contributed by atoms with Gasteiger partial charge in [-0.25, -0.2) is 4.79 Å². The third-order valence-electron chi connectivity index (χ3n) is 4.98. The first-order valence-corrected chi connectivity index (χ1v) is 7.48. The molecular formula is C16H18N2O4. The van der Waals surface area contributed by atoms with E-state index in [0.717, 1.165) is 11.3 Å². The van der Waals surface area contributed by atoms with Gasteiger partial charge in [-0.2, -0.15) is 0 Å². The Morgan fingerprint density at radius 1 is 1.18 bits per heavy atom. The lowest BCUT2D eigenvalue weighted by Crippen LogP contribution is -2.68. The van der Waals surface area contributed by atoms with Crippen LogP contribution in [0.2, 0.25) is 0 Å². The Balaban J connectivity index is 1.84. The van der Waals surface area contributed by atoms with E-state index in [1.807, 2.05) is 38.1 Å². The summed E-state index contributed by atoms with van der Waals surface area (Å²) >= 11 is 0. The van der Waals surface area contributed by atoms with Gasteiger partial charge in [0.15, 0.2) is 0 Å². The normalized spacial score (nSPS) is 35.2. The second-order valence-electron chi connectivity index (χ2n) is 6.61. The van der Waals surface area contributed by atoms with Crippen LogP contribution in [0.3, 0.4) is 0 Å². The number of ether oxygens (including phenoxy) is 2. The number of para-hydroxylation sites is 1. The van der Waals surface area contributed by atoms with Crippen molar-refractivity contribution in [3.05, 3.63) is 29.8 Å². The second kappa shape index (κ2) is 4.46. The minimum absolute atomic E-state index is 0.0423. The van der Waals surface area contributed by atoms with E-state index in [1.54, 1.807) is 0 Å². The molecule has 4 rings (SSSR count). The topological polar surface area (TPSA) is 76.7 Å². The van der Waals surface area contributed by atoms with Gasteiger partial charge in [0.25, 0.3) is 0 Å². The number of urea groups is 1. The van der Waals surface area contributed by atoms with E-state index < -0.39 is 23.8 Å². The number of rotatable bonds is 0. The number of carbonyl (C=O) groups is 2. The minimum atomic E-state index is -0.608. The summed E-state index contributed by atoms with van der Waals surface area (Å²) in [5.41, 5.74) is 0.515. The van der Waals surface area contributed by atoms with Gasteiger partial charge in [-0.05, 0) is 25.5 Å². The Morgan fingerprint density at radius 2 is 1.95 bits per heavy atom. The van der Waals surface area contributed by atoms with Crippen molar-refractivity contribution in [3.63, 3.8) is 0 Å². The van der Waals surface area contributed by atoms with Crippen molar-refractivity contribution >= 4 is 11.9 Å². The first-order valence-electron chi connectivity index (χ1n) is 7.48. The van der Waals surface area contributed by atoms with Crippen LogP contribution in [0.4, 0.5) is 4.79 Å². The third kappa shape index (κ3) is 1.83. The predicted octanol–water partition coefficient (Wildman–Crippen LogP) is 1.37. The smallest absolute Gasteiger partial charge is 0.323 e. The number of carbonyl (C=O) groups excluding carboxylic acids is 2. The lowest BCUT2D eigenvalue weighted by Gasteiger charge is -2.53. The summed E-state index contributed by atoms with van der Waals surface area (Å²) in [7, 11) is 0. The molecule has 3 aliphatic heterocycles. The zero-order valence-corrected chi connectivity index (χ0v) is 12.5. The van der Waals surface area contributed by atoms with Crippen LogP contribution >= 0.6 is 0 Å². The van der Waals surface area contributed by atoms with Crippen LogP contribution in [0.25, 0.3) is 0 Å². The molecule has 2 saturated heterocycles. The number of fused-ring (bicyclic) bond motifs is 5. The Kier molecular flexibility index (Phi) is 2.75. The highest BCUT2D eigenvalue weighted by molar-refractivity contribution is 5.99. The summed E-state index contributed by atoms with van der Waals surface area (Å²) in [4.78, 5) is 24.0. The SMILES string of the molecule is CC1(C)O[C@H]2NC(=O)NC(=O)[C@@H]2[C@@H]2c3ccccc3OC[C@H]21. The van der Waals surface area contributed by atoms with Gasteiger partial charge in [0.05, 0.1) is 18.1 Å². The monoisotopic (exact) mass is 302 g/mol. The molecule has 6 nitrogen and oxygen atoms in total. The molecule has 0 bridgehead atoms. The summed E-state index contributed by atoms with van der Waals surface area (Å²) < 4.78 is 11.9. The van der Waals surface area contributed by atoms with Gasteiger partial charge in [0, 0.05) is 11.8 Å². The summed E-state index contributed by atoms with van der Waals surface area (Å²) in [6.07, 6.45) is -0.608. The van der Waals surface area contributed by atoms with Crippen LogP contribution in [-0.4, -0.2) is 30.4 Å². The molecule has 6 heteroatoms. The molecule has 0 aromatic heterocycles. The van der Waals surface area contributed by atoms with Crippen LogP contribution in [0.5, 0.6) is 5.75 Å². The van der Waals surface area contributed by atoms with E-state index >= 15 is 0 Å². The highest BCUT2D eigenvalue weighted by Gasteiger charge is 2.57. The summed E-state index contributed by atoms with van der Waals surface area (Å²) in [5.74, 6) is 0.0883. The van der Waals surface area contributed by atoms with Gasteiger partial charge in [-0.15, -0.1) is 0 Å². The summed E-state index contributed by atoms with van der Waals surface area (Å²) in [6.45, 7) is 4.47. The molecular weight excluding hydrogens is 284 g/mol. The fraction of sp³-hybridized carbons (Fsp3) is 0.500. The molecule has 0 aliphatic carbocycles. The number of amides is 3. The summed E-state index contributed by atoms with van der Waals surface area (Å²) in [5, 5.41) is 5.09. The Bertz CT molecular complexity index is 657. The molecule has 2 N–H and O–H groups in total. The molecule has 0 saturated carbocycles. The molecule has 0 spiro atoms. The molecule has 0 radical (unpaired) electrons. The Morgan fingerprint density at radius 3 is 2.77 bits per heavy atom. The van der Waals surface area contributed by atoms with Gasteiger partial charge in [-0.3, -0.25) is 10.1 Å². The van der Waals surface area contributed by atoms with Crippen LogP contribution < -0.4 is 15.4 Å². The maximum Gasteiger partial charge on any atom is 0.323 e. The van der Waals surface area contributed by atoms with Crippen LogP contribution in [0, 0.1) is 11.8 Å². The maximum absolute atomic E-state index is 12.4. The number of imide groups is 1. The minimum Gasteiger partial charge on any atom is -0.493 e. The number of hydrogen-bond donors (Lipinski definition) is 2. The van der Waals surface area contributed by atoms with Gasteiger partial charge in [-0.1, -0.05) is 18.2 Å². The zero-order chi connectivity index (χ0) is 15.5. The molecule has 22 heavy (non-hydrogen) atoms. The van der Waals surface area contributed by atoms with Crippen LogP contribution in [-0.2, 0) is 9.53 Å². The molecule has 3 aliphatic rings. The molecule has 116 valence electrons. The quantitative estimate of drug-likeness (QED) is 0.759. The summed E-state index contributed by atoms with van der Waals surface area (Å²) in [6, 6.07) is 7.28. The number of nitrogens with one attached hydrogen (secondary N) is 2. The lowest BCUT2D eigenvalue weighted by atomic mass is 9.66. The highest BCUT2D eigenvalue weighted by Crippen LogP contribution is 2.51. The number of benzene rings is 1. The van der Waals surface area contributed by atoms with Crippen molar-refractivity contribution in [2.45, 2.75) is 31.6 Å². The average molecular weight is 302 g/mol. The van der Waals surface area contributed by atoms with Crippen LogP contribution in [0.15, 0.2) is 24.3 Å². The third-order valence-corrected chi connectivity index (χ3v) is 4.98. The Hall–Kier alpha value is -2.08. The van der Waals surface area contributed by atoms with Gasteiger partial charge < -0.3 is 14.8 Å². The second-order valence-corrected chi connectivity index (χ2v) is 6.61. The average Bonchev–Trinajstić information content (AvgIpc) is 2.45. The van der Waals surface area contributed by atoms with Crippen molar-refractivity contribution in [2.75, 3.05) is 6.61 Å². The molecule has 0 unspecified atom stereocenters. The Labute approximate surface area is 128 Å². The van der Waals surface area contributed by atoms with Gasteiger partial charge in [0.1, 0.15) is 12.0 Å². The van der Waals surface area contributed by atoms with Gasteiger partial charge >= 0.3 is 6.03 Å². The van der Waals surface area contributed by atoms with E-state index in [9.17, 15) is 9.59 Å². The molecule has 1 aromatic rings. The van der Waals surface area contributed by atoms with Crippen molar-refractivity contribution < 1.29 is 19.1 Å². The zero-order valence-electron chi connectivity index (χ0n) is 12.5. The molecule has 2 fully saturated rings. The van der Waals surface area contributed by atoms with E-state index in [4.69, 9.17) is 9.47 Å². The van der Waals surface area contributed by atoms with Crippen molar-refractivity contribution in [1.29, 1.82) is 0 Å². The van der Waals surface area contributed by atoms with Crippen molar-refractivity contribution in [2.24, 2.45) is 11.8 Å². The first-order chi connectivity index (χ1) is 10.5. The molecule has 1 aromatic carbocycles. The van der Waals surface area contributed by atoms with Crippen molar-refractivity contribution in [3.8, 4) is 5.75 Å².